The molecule has 0 radical (unpaired) electrons. The Morgan fingerprint density at radius 3 is 2.58 bits per heavy atom. The van der Waals surface area contributed by atoms with Crippen LogP contribution in [0.4, 0.5) is 4.79 Å². The molecule has 1 heterocycles. The first-order chi connectivity index (χ1) is 9.06. The number of carboxylic acid groups (broad SMARTS) is 1. The number of benzene rings is 1. The van der Waals surface area contributed by atoms with Crippen molar-refractivity contribution >= 4 is 29.3 Å². The third-order valence-corrected chi connectivity index (χ3v) is 4.00. The molecule has 2 rings (SSSR count). The Kier molecular flexibility index (Phi) is 4.77. The number of hydrogen-bond acceptors (Lipinski definition) is 2. The van der Waals surface area contributed by atoms with Gasteiger partial charge < -0.3 is 14.7 Å². The quantitative estimate of drug-likeness (QED) is 0.925. The van der Waals surface area contributed by atoms with Crippen LogP contribution in [0.3, 0.4) is 0 Å². The van der Waals surface area contributed by atoms with Crippen LogP contribution in [0.1, 0.15) is 12.8 Å². The number of carbonyl (C=O) groups is 1. The number of halogens is 2. The fraction of sp³-hybridized carbons (Fsp3) is 0.462. The van der Waals surface area contributed by atoms with Gasteiger partial charge in [0.1, 0.15) is 5.75 Å². The minimum absolute atomic E-state index is 0.380. The van der Waals surface area contributed by atoms with Crippen molar-refractivity contribution in [3.05, 3.63) is 28.2 Å². The second-order valence-corrected chi connectivity index (χ2v) is 5.41. The first-order valence-corrected chi connectivity index (χ1v) is 6.87. The average Bonchev–Trinajstić information content (AvgIpc) is 2.40. The molecule has 1 saturated heterocycles. The van der Waals surface area contributed by atoms with E-state index in [2.05, 4.69) is 0 Å². The predicted molar refractivity (Wildman–Crippen MR) is 74.3 cm³/mol. The molecule has 1 N–H and O–H groups in total. The van der Waals surface area contributed by atoms with Crippen molar-refractivity contribution in [2.24, 2.45) is 5.92 Å². The Labute approximate surface area is 121 Å². The van der Waals surface area contributed by atoms with E-state index in [0.717, 1.165) is 12.8 Å². The van der Waals surface area contributed by atoms with Crippen LogP contribution in [0.25, 0.3) is 0 Å². The van der Waals surface area contributed by atoms with Crippen molar-refractivity contribution in [3.8, 4) is 5.75 Å². The summed E-state index contributed by atoms with van der Waals surface area (Å²) in [6.07, 6.45) is 0.810. The van der Waals surface area contributed by atoms with Crippen LogP contribution in [-0.2, 0) is 0 Å². The molecule has 6 heteroatoms. The van der Waals surface area contributed by atoms with Gasteiger partial charge in [-0.05, 0) is 30.9 Å². The maximum atomic E-state index is 10.8. The number of hydrogen-bond donors (Lipinski definition) is 1. The molecule has 0 bridgehead atoms. The fourth-order valence-electron chi connectivity index (χ4n) is 2.07. The first-order valence-electron chi connectivity index (χ1n) is 6.12. The molecule has 19 heavy (non-hydrogen) atoms. The van der Waals surface area contributed by atoms with Gasteiger partial charge in [-0.3, -0.25) is 0 Å². The van der Waals surface area contributed by atoms with E-state index in [9.17, 15) is 4.79 Å². The molecule has 104 valence electrons. The van der Waals surface area contributed by atoms with Gasteiger partial charge in [0.15, 0.2) is 0 Å². The van der Waals surface area contributed by atoms with E-state index in [1.807, 2.05) is 0 Å². The zero-order chi connectivity index (χ0) is 13.8. The summed E-state index contributed by atoms with van der Waals surface area (Å²) in [4.78, 5) is 12.2. The number of nitrogens with zero attached hydrogens (tertiary/aromatic N) is 1. The molecule has 1 fully saturated rings. The summed E-state index contributed by atoms with van der Waals surface area (Å²) in [5.74, 6) is 1.07. The van der Waals surface area contributed by atoms with E-state index in [1.54, 1.807) is 18.2 Å². The summed E-state index contributed by atoms with van der Waals surface area (Å²) < 4.78 is 5.67. The van der Waals surface area contributed by atoms with Gasteiger partial charge in [0, 0.05) is 19.2 Å². The lowest BCUT2D eigenvalue weighted by molar-refractivity contribution is 0.111. The lowest BCUT2D eigenvalue weighted by atomic mass is 9.98. The zero-order valence-electron chi connectivity index (χ0n) is 10.3. The third kappa shape index (κ3) is 3.91. The molecule has 4 nitrogen and oxygen atoms in total. The summed E-state index contributed by atoms with van der Waals surface area (Å²) >= 11 is 11.7. The molecular weight excluding hydrogens is 289 g/mol. The van der Waals surface area contributed by atoms with Gasteiger partial charge in [-0.15, -0.1) is 0 Å². The molecule has 0 atom stereocenters. The summed E-state index contributed by atoms with van der Waals surface area (Å²) in [7, 11) is 0. The summed E-state index contributed by atoms with van der Waals surface area (Å²) in [6, 6.07) is 5.17. The van der Waals surface area contributed by atoms with Gasteiger partial charge in [-0.2, -0.15) is 0 Å². The Bertz CT molecular complexity index is 459. The number of ether oxygens (including phenoxy) is 1. The van der Waals surface area contributed by atoms with Crippen LogP contribution in [0.2, 0.25) is 10.0 Å². The maximum absolute atomic E-state index is 10.8. The maximum Gasteiger partial charge on any atom is 0.407 e. The van der Waals surface area contributed by atoms with Gasteiger partial charge in [-0.25, -0.2) is 4.79 Å². The van der Waals surface area contributed by atoms with E-state index < -0.39 is 6.09 Å². The second-order valence-electron chi connectivity index (χ2n) is 4.60. The minimum Gasteiger partial charge on any atom is -0.493 e. The van der Waals surface area contributed by atoms with Gasteiger partial charge in [0.2, 0.25) is 0 Å². The minimum atomic E-state index is -0.844. The Hall–Kier alpha value is -1.13. The highest BCUT2D eigenvalue weighted by atomic mass is 35.5. The average molecular weight is 304 g/mol. The number of amides is 1. The first kappa shape index (κ1) is 14.3. The summed E-state index contributed by atoms with van der Waals surface area (Å²) in [6.45, 7) is 1.72. The molecule has 1 aliphatic rings. The Morgan fingerprint density at radius 2 is 2.00 bits per heavy atom. The van der Waals surface area contributed by atoms with Crippen LogP contribution < -0.4 is 4.74 Å². The van der Waals surface area contributed by atoms with Gasteiger partial charge in [-0.1, -0.05) is 23.2 Å². The number of likely N-dealkylation sites (tertiary alicyclic amines) is 1. The van der Waals surface area contributed by atoms with Crippen molar-refractivity contribution in [1.82, 2.24) is 4.90 Å². The van der Waals surface area contributed by atoms with Crippen LogP contribution in [0.15, 0.2) is 18.2 Å². The molecule has 0 unspecified atom stereocenters. The molecule has 1 aromatic carbocycles. The standard InChI is InChI=1S/C13H15Cl2NO3/c14-11-2-1-10(7-12(11)15)19-8-9-3-5-16(6-4-9)13(17)18/h1-2,7,9H,3-6,8H2,(H,17,18). The molecule has 1 amide bonds. The Morgan fingerprint density at radius 1 is 1.32 bits per heavy atom. The van der Waals surface area contributed by atoms with E-state index in [-0.39, 0.29) is 0 Å². The van der Waals surface area contributed by atoms with E-state index >= 15 is 0 Å². The molecular formula is C13H15Cl2NO3. The highest BCUT2D eigenvalue weighted by Gasteiger charge is 2.22. The molecule has 1 aliphatic heterocycles. The smallest absolute Gasteiger partial charge is 0.407 e. The lowest BCUT2D eigenvalue weighted by Gasteiger charge is -2.29. The summed E-state index contributed by atoms with van der Waals surface area (Å²) in [5.41, 5.74) is 0. The van der Waals surface area contributed by atoms with Gasteiger partial charge in [0.05, 0.1) is 16.7 Å². The van der Waals surface area contributed by atoms with Gasteiger partial charge in [0.25, 0.3) is 0 Å². The second kappa shape index (κ2) is 6.35. The predicted octanol–water partition coefficient (Wildman–Crippen LogP) is 3.76. The van der Waals surface area contributed by atoms with Crippen LogP contribution >= 0.6 is 23.2 Å². The molecule has 0 aromatic heterocycles. The van der Waals surface area contributed by atoms with Crippen molar-refractivity contribution in [1.29, 1.82) is 0 Å². The highest BCUT2D eigenvalue weighted by molar-refractivity contribution is 6.42. The van der Waals surface area contributed by atoms with Gasteiger partial charge >= 0.3 is 6.09 Å². The monoisotopic (exact) mass is 303 g/mol. The topological polar surface area (TPSA) is 49.8 Å². The summed E-state index contributed by atoms with van der Waals surface area (Å²) in [5, 5.41) is 9.83. The molecule has 1 aromatic rings. The van der Waals surface area contributed by atoms with E-state index in [0.29, 0.717) is 41.4 Å². The zero-order valence-corrected chi connectivity index (χ0v) is 11.8. The lowest BCUT2D eigenvalue weighted by Crippen LogP contribution is -2.38. The van der Waals surface area contributed by atoms with E-state index in [1.165, 1.54) is 4.90 Å². The molecule has 0 saturated carbocycles. The normalized spacial score (nSPS) is 16.4. The number of rotatable bonds is 3. The molecule has 0 spiro atoms. The van der Waals surface area contributed by atoms with Crippen molar-refractivity contribution < 1.29 is 14.6 Å². The SMILES string of the molecule is O=C(O)N1CCC(COc2ccc(Cl)c(Cl)c2)CC1. The van der Waals surface area contributed by atoms with Crippen molar-refractivity contribution in [2.75, 3.05) is 19.7 Å². The number of piperidine rings is 1. The van der Waals surface area contributed by atoms with Crippen molar-refractivity contribution in [2.45, 2.75) is 12.8 Å². The van der Waals surface area contributed by atoms with E-state index in [4.69, 9.17) is 33.0 Å². The fourth-order valence-corrected chi connectivity index (χ4v) is 2.36. The van der Waals surface area contributed by atoms with Crippen LogP contribution in [0, 0.1) is 5.92 Å². The largest absolute Gasteiger partial charge is 0.493 e. The van der Waals surface area contributed by atoms with Crippen LogP contribution in [0.5, 0.6) is 5.75 Å². The van der Waals surface area contributed by atoms with Crippen LogP contribution in [-0.4, -0.2) is 35.8 Å². The Balaban J connectivity index is 1.80. The highest BCUT2D eigenvalue weighted by Crippen LogP contribution is 2.27. The van der Waals surface area contributed by atoms with Crippen molar-refractivity contribution in [3.63, 3.8) is 0 Å². The molecule has 0 aliphatic carbocycles. The third-order valence-electron chi connectivity index (χ3n) is 3.26.